The first kappa shape index (κ1) is 15.6. The van der Waals surface area contributed by atoms with Crippen molar-refractivity contribution in [1.82, 2.24) is 0 Å². The predicted octanol–water partition coefficient (Wildman–Crippen LogP) is 2.89. The summed E-state index contributed by atoms with van der Waals surface area (Å²) in [5, 5.41) is 14.2. The van der Waals surface area contributed by atoms with Gasteiger partial charge in [-0.05, 0) is 31.7 Å². The Kier molecular flexibility index (Phi) is 5.38. The molecule has 0 unspecified atom stereocenters. The van der Waals surface area contributed by atoms with Gasteiger partial charge in [0.05, 0.1) is 4.92 Å². The van der Waals surface area contributed by atoms with Crippen molar-refractivity contribution in [2.24, 2.45) is 5.92 Å². The Bertz CT molecular complexity index is 485. The van der Waals surface area contributed by atoms with Gasteiger partial charge in [-0.1, -0.05) is 0 Å². The fourth-order valence-corrected chi connectivity index (χ4v) is 2.78. The van der Waals surface area contributed by atoms with Gasteiger partial charge in [-0.15, -0.1) is 0 Å². The second-order valence-corrected chi connectivity index (χ2v) is 5.41. The van der Waals surface area contributed by atoms with Crippen molar-refractivity contribution in [3.63, 3.8) is 0 Å². The van der Waals surface area contributed by atoms with Crippen LogP contribution < -0.4 is 10.2 Å². The molecule has 6 nitrogen and oxygen atoms in total. The third-order valence-electron chi connectivity index (χ3n) is 3.88. The summed E-state index contributed by atoms with van der Waals surface area (Å²) in [7, 11) is 1.73. The molecule has 0 amide bonds. The summed E-state index contributed by atoms with van der Waals surface area (Å²) < 4.78 is 5.21. The Labute approximate surface area is 125 Å². The Morgan fingerprint density at radius 1 is 1.38 bits per heavy atom. The Balaban J connectivity index is 2.13. The minimum absolute atomic E-state index is 0.141. The van der Waals surface area contributed by atoms with Gasteiger partial charge in [0, 0.05) is 56.9 Å². The van der Waals surface area contributed by atoms with Gasteiger partial charge in [0.2, 0.25) is 0 Å². The molecule has 1 fully saturated rings. The molecule has 2 rings (SSSR count). The van der Waals surface area contributed by atoms with Crippen LogP contribution in [0.1, 0.15) is 19.8 Å². The fraction of sp³-hybridized carbons (Fsp3) is 0.600. The van der Waals surface area contributed by atoms with Crippen molar-refractivity contribution in [1.29, 1.82) is 0 Å². The van der Waals surface area contributed by atoms with Crippen LogP contribution >= 0.6 is 0 Å². The summed E-state index contributed by atoms with van der Waals surface area (Å²) in [5.41, 5.74) is 1.87. The van der Waals surface area contributed by atoms with Crippen LogP contribution in [-0.2, 0) is 4.74 Å². The lowest BCUT2D eigenvalue weighted by molar-refractivity contribution is -0.384. The summed E-state index contributed by atoms with van der Waals surface area (Å²) in [6.07, 6.45) is 2.13. The van der Waals surface area contributed by atoms with Crippen LogP contribution in [0.5, 0.6) is 0 Å². The molecule has 116 valence electrons. The first-order valence-electron chi connectivity index (χ1n) is 7.41. The molecular formula is C15H23N3O3. The zero-order valence-corrected chi connectivity index (χ0v) is 12.7. The number of piperidine rings is 1. The Morgan fingerprint density at radius 2 is 2.10 bits per heavy atom. The number of nitrogens with one attached hydrogen (secondary N) is 1. The molecule has 0 saturated carbocycles. The van der Waals surface area contributed by atoms with E-state index in [9.17, 15) is 10.1 Å². The molecular weight excluding hydrogens is 270 g/mol. The molecule has 0 aromatic heterocycles. The molecule has 1 N–H and O–H groups in total. The van der Waals surface area contributed by atoms with Gasteiger partial charge in [-0.2, -0.15) is 0 Å². The van der Waals surface area contributed by atoms with Gasteiger partial charge in [-0.3, -0.25) is 10.1 Å². The number of ether oxygens (including phenoxy) is 1. The number of nitro groups is 1. The molecule has 6 heteroatoms. The van der Waals surface area contributed by atoms with Gasteiger partial charge in [0.1, 0.15) is 0 Å². The molecule has 0 spiro atoms. The summed E-state index contributed by atoms with van der Waals surface area (Å²) in [5.74, 6) is 0.596. The molecule has 1 aliphatic heterocycles. The van der Waals surface area contributed by atoms with Crippen LogP contribution in [0.4, 0.5) is 17.1 Å². The average Bonchev–Trinajstić information content (AvgIpc) is 2.48. The van der Waals surface area contributed by atoms with E-state index < -0.39 is 0 Å². The van der Waals surface area contributed by atoms with E-state index in [1.807, 2.05) is 13.0 Å². The minimum Gasteiger partial charge on any atom is -0.385 e. The Hall–Kier alpha value is -1.82. The van der Waals surface area contributed by atoms with Crippen molar-refractivity contribution < 1.29 is 9.66 Å². The summed E-state index contributed by atoms with van der Waals surface area (Å²) in [6.45, 7) is 5.36. The smallest absolute Gasteiger partial charge is 0.273 e. The number of methoxy groups -OCH3 is 1. The standard InChI is InChI=1S/C15H23N3O3/c1-3-16-13-8-14(10-15(9-13)18(19)20)17-6-4-12(5-7-17)11-21-2/h8-10,12,16H,3-7,11H2,1-2H3. The molecule has 0 radical (unpaired) electrons. The maximum Gasteiger partial charge on any atom is 0.273 e. The molecule has 1 aromatic carbocycles. The first-order chi connectivity index (χ1) is 10.1. The van der Waals surface area contributed by atoms with Gasteiger partial charge in [0.25, 0.3) is 5.69 Å². The zero-order chi connectivity index (χ0) is 15.2. The molecule has 1 aliphatic rings. The monoisotopic (exact) mass is 293 g/mol. The van der Waals surface area contributed by atoms with Crippen molar-refractivity contribution in [2.45, 2.75) is 19.8 Å². The number of anilines is 2. The van der Waals surface area contributed by atoms with E-state index in [2.05, 4.69) is 10.2 Å². The highest BCUT2D eigenvalue weighted by Gasteiger charge is 2.21. The van der Waals surface area contributed by atoms with Crippen LogP contribution in [0.15, 0.2) is 18.2 Å². The van der Waals surface area contributed by atoms with E-state index in [0.29, 0.717) is 5.92 Å². The summed E-state index contributed by atoms with van der Waals surface area (Å²) in [6, 6.07) is 5.25. The van der Waals surface area contributed by atoms with Crippen LogP contribution in [-0.4, -0.2) is 38.3 Å². The second kappa shape index (κ2) is 7.26. The number of nitro benzene ring substituents is 1. The lowest BCUT2D eigenvalue weighted by atomic mass is 9.97. The molecule has 1 aromatic rings. The topological polar surface area (TPSA) is 67.6 Å². The molecule has 21 heavy (non-hydrogen) atoms. The third-order valence-corrected chi connectivity index (χ3v) is 3.88. The van der Waals surface area contributed by atoms with Gasteiger partial charge < -0.3 is 15.0 Å². The van der Waals surface area contributed by atoms with E-state index in [4.69, 9.17) is 4.74 Å². The van der Waals surface area contributed by atoms with Gasteiger partial charge in [0.15, 0.2) is 0 Å². The van der Waals surface area contributed by atoms with Crippen molar-refractivity contribution >= 4 is 17.1 Å². The predicted molar refractivity (Wildman–Crippen MR) is 84.1 cm³/mol. The average molecular weight is 293 g/mol. The number of hydrogen-bond donors (Lipinski definition) is 1. The quantitative estimate of drug-likeness (QED) is 0.645. The number of non-ortho nitro benzene ring substituents is 1. The zero-order valence-electron chi connectivity index (χ0n) is 12.7. The lowest BCUT2D eigenvalue weighted by Crippen LogP contribution is -2.35. The van der Waals surface area contributed by atoms with Gasteiger partial charge >= 0.3 is 0 Å². The van der Waals surface area contributed by atoms with Crippen molar-refractivity contribution in [3.05, 3.63) is 28.3 Å². The summed E-state index contributed by atoms with van der Waals surface area (Å²) in [4.78, 5) is 13.0. The SMILES string of the molecule is CCNc1cc(N2CCC(COC)CC2)cc([N+](=O)[O-])c1. The van der Waals surface area contributed by atoms with Crippen LogP contribution in [0, 0.1) is 16.0 Å². The minimum atomic E-state index is -0.331. The number of rotatable bonds is 6. The van der Waals surface area contributed by atoms with Crippen LogP contribution in [0.3, 0.4) is 0 Å². The molecule has 1 saturated heterocycles. The summed E-state index contributed by atoms with van der Waals surface area (Å²) >= 11 is 0. The van der Waals surface area contributed by atoms with Crippen LogP contribution in [0.2, 0.25) is 0 Å². The highest BCUT2D eigenvalue weighted by atomic mass is 16.6. The van der Waals surface area contributed by atoms with E-state index in [-0.39, 0.29) is 10.6 Å². The number of benzene rings is 1. The normalized spacial score (nSPS) is 16.0. The maximum atomic E-state index is 11.1. The van der Waals surface area contributed by atoms with E-state index in [1.165, 1.54) is 0 Å². The number of nitrogens with zero attached hydrogens (tertiary/aromatic N) is 2. The Morgan fingerprint density at radius 3 is 2.67 bits per heavy atom. The third kappa shape index (κ3) is 4.07. The number of hydrogen-bond acceptors (Lipinski definition) is 5. The molecule has 0 atom stereocenters. The van der Waals surface area contributed by atoms with Gasteiger partial charge in [-0.25, -0.2) is 0 Å². The highest BCUT2D eigenvalue weighted by Crippen LogP contribution is 2.30. The van der Waals surface area contributed by atoms with Crippen LogP contribution in [0.25, 0.3) is 0 Å². The molecule has 0 bridgehead atoms. The first-order valence-corrected chi connectivity index (χ1v) is 7.41. The maximum absolute atomic E-state index is 11.1. The van der Waals surface area contributed by atoms with Crippen molar-refractivity contribution in [3.8, 4) is 0 Å². The molecule has 0 aliphatic carbocycles. The molecule has 1 heterocycles. The second-order valence-electron chi connectivity index (χ2n) is 5.41. The van der Waals surface area contributed by atoms with E-state index in [0.717, 1.165) is 50.5 Å². The highest BCUT2D eigenvalue weighted by molar-refractivity contribution is 5.64. The van der Waals surface area contributed by atoms with E-state index >= 15 is 0 Å². The largest absolute Gasteiger partial charge is 0.385 e. The van der Waals surface area contributed by atoms with Crippen molar-refractivity contribution in [2.75, 3.05) is 43.6 Å². The lowest BCUT2D eigenvalue weighted by Gasteiger charge is -2.33. The van der Waals surface area contributed by atoms with E-state index in [1.54, 1.807) is 19.2 Å². The fourth-order valence-electron chi connectivity index (χ4n) is 2.78.